The van der Waals surface area contributed by atoms with Crippen molar-refractivity contribution in [2.75, 3.05) is 47.4 Å². The van der Waals surface area contributed by atoms with Gasteiger partial charge in [0.1, 0.15) is 0 Å². The standard InChI is InChI=1S/C38H44N6O3/c1-40(20-21-47-3)37(45)36-27-42(26-35(36)34-15-9-13-31-12-7-8-14-33(31)34)25-32-22-39-28-44(32)24-30-16-18-43(19-17-30)38(46)41(2)23-29-10-5-4-6-11-29/h4-15,22,26-28,30H,16-21,23-25H2,1-3H3. The Bertz CT molecular complexity index is 1800. The first-order chi connectivity index (χ1) is 22.9. The van der Waals surface area contributed by atoms with Crippen molar-refractivity contribution in [2.45, 2.75) is 32.5 Å². The molecule has 5 aromatic rings. The predicted molar refractivity (Wildman–Crippen MR) is 185 cm³/mol. The molecule has 1 fully saturated rings. The van der Waals surface area contributed by atoms with Gasteiger partial charge in [0.15, 0.2) is 0 Å². The fourth-order valence-corrected chi connectivity index (χ4v) is 6.56. The number of hydrogen-bond donors (Lipinski definition) is 0. The second-order valence-corrected chi connectivity index (χ2v) is 12.6. The van der Waals surface area contributed by atoms with Crippen molar-refractivity contribution in [1.82, 2.24) is 28.8 Å². The van der Waals surface area contributed by atoms with E-state index in [9.17, 15) is 9.59 Å². The van der Waals surface area contributed by atoms with Crippen molar-refractivity contribution in [3.05, 3.63) is 115 Å². The van der Waals surface area contributed by atoms with Gasteiger partial charge in [0.2, 0.25) is 0 Å². The number of piperidine rings is 1. The summed E-state index contributed by atoms with van der Waals surface area (Å²) in [6.45, 7) is 4.53. The second kappa shape index (κ2) is 14.7. The van der Waals surface area contributed by atoms with Crippen LogP contribution in [0.4, 0.5) is 4.79 Å². The number of likely N-dealkylation sites (tertiary alicyclic amines) is 1. The summed E-state index contributed by atoms with van der Waals surface area (Å²) in [4.78, 5) is 36.9. The predicted octanol–water partition coefficient (Wildman–Crippen LogP) is 6.24. The molecule has 2 aromatic heterocycles. The van der Waals surface area contributed by atoms with Crippen LogP contribution in [-0.4, -0.2) is 88.2 Å². The fraction of sp³-hybridized carbons (Fsp3) is 0.342. The summed E-state index contributed by atoms with van der Waals surface area (Å²) < 4.78 is 9.57. The van der Waals surface area contributed by atoms with Crippen LogP contribution in [0.2, 0.25) is 0 Å². The smallest absolute Gasteiger partial charge is 0.320 e. The van der Waals surface area contributed by atoms with E-state index in [1.54, 1.807) is 12.0 Å². The van der Waals surface area contributed by atoms with E-state index in [-0.39, 0.29) is 11.9 Å². The van der Waals surface area contributed by atoms with Crippen LogP contribution >= 0.6 is 0 Å². The maximum Gasteiger partial charge on any atom is 0.320 e. The van der Waals surface area contributed by atoms with Gasteiger partial charge in [-0.15, -0.1) is 0 Å². The molecule has 0 atom stereocenters. The molecule has 0 N–H and O–H groups in total. The molecule has 3 heterocycles. The number of nitrogens with zero attached hydrogens (tertiary/aromatic N) is 6. The summed E-state index contributed by atoms with van der Waals surface area (Å²) >= 11 is 0. The van der Waals surface area contributed by atoms with E-state index in [4.69, 9.17) is 4.74 Å². The molecular formula is C38H44N6O3. The SMILES string of the molecule is COCCN(C)C(=O)c1cn(Cc2cncn2CC2CCN(C(=O)N(C)Cc3ccccc3)CC2)cc1-c1cccc2ccccc12. The monoisotopic (exact) mass is 632 g/mol. The van der Waals surface area contributed by atoms with Crippen LogP contribution in [0.3, 0.4) is 0 Å². The Hall–Kier alpha value is -4.89. The first-order valence-electron chi connectivity index (χ1n) is 16.4. The van der Waals surface area contributed by atoms with Gasteiger partial charge in [0, 0.05) is 78.1 Å². The minimum absolute atomic E-state index is 0.0343. The summed E-state index contributed by atoms with van der Waals surface area (Å²) in [7, 11) is 5.34. The minimum atomic E-state index is -0.0343. The third-order valence-electron chi connectivity index (χ3n) is 9.24. The number of methoxy groups -OCH3 is 1. The Morgan fingerprint density at radius 2 is 1.64 bits per heavy atom. The first kappa shape index (κ1) is 32.1. The quantitative estimate of drug-likeness (QED) is 0.173. The zero-order valence-electron chi connectivity index (χ0n) is 27.6. The molecular weight excluding hydrogens is 588 g/mol. The Labute approximate surface area is 277 Å². The molecule has 9 heteroatoms. The number of aromatic nitrogens is 3. The molecule has 0 aliphatic carbocycles. The average molecular weight is 633 g/mol. The normalized spacial score (nSPS) is 13.6. The number of urea groups is 1. The highest BCUT2D eigenvalue weighted by Crippen LogP contribution is 2.33. The molecule has 3 aromatic carbocycles. The molecule has 244 valence electrons. The Balaban J connectivity index is 1.15. The summed E-state index contributed by atoms with van der Waals surface area (Å²) in [6.07, 6.45) is 9.78. The van der Waals surface area contributed by atoms with Crippen molar-refractivity contribution < 1.29 is 14.3 Å². The van der Waals surface area contributed by atoms with Crippen molar-refractivity contribution in [3.63, 3.8) is 0 Å². The highest BCUT2D eigenvalue weighted by molar-refractivity contribution is 6.06. The molecule has 47 heavy (non-hydrogen) atoms. The highest BCUT2D eigenvalue weighted by atomic mass is 16.5. The van der Waals surface area contributed by atoms with Gasteiger partial charge in [0.05, 0.1) is 30.7 Å². The van der Waals surface area contributed by atoms with Crippen LogP contribution in [0.25, 0.3) is 21.9 Å². The number of hydrogen-bond acceptors (Lipinski definition) is 4. The second-order valence-electron chi connectivity index (χ2n) is 12.6. The molecule has 0 bridgehead atoms. The van der Waals surface area contributed by atoms with Gasteiger partial charge in [-0.2, -0.15) is 0 Å². The van der Waals surface area contributed by atoms with Gasteiger partial charge in [-0.3, -0.25) is 4.79 Å². The van der Waals surface area contributed by atoms with Gasteiger partial charge in [0.25, 0.3) is 5.91 Å². The molecule has 9 nitrogen and oxygen atoms in total. The van der Waals surface area contributed by atoms with E-state index < -0.39 is 0 Å². The summed E-state index contributed by atoms with van der Waals surface area (Å²) in [5.41, 5.74) is 4.83. The Morgan fingerprint density at radius 3 is 2.43 bits per heavy atom. The van der Waals surface area contributed by atoms with Crippen LogP contribution in [0, 0.1) is 5.92 Å². The summed E-state index contributed by atoms with van der Waals surface area (Å²) in [6, 6.07) is 24.7. The number of likely N-dealkylation sites (N-methyl/N-ethyl adjacent to an activating group) is 1. The molecule has 0 unspecified atom stereocenters. The van der Waals surface area contributed by atoms with Crippen LogP contribution in [0.1, 0.15) is 34.5 Å². The summed E-state index contributed by atoms with van der Waals surface area (Å²) in [5.74, 6) is 0.418. The number of imidazole rings is 1. The number of ether oxygens (including phenoxy) is 1. The average Bonchev–Trinajstić information content (AvgIpc) is 3.73. The van der Waals surface area contributed by atoms with Gasteiger partial charge in [-0.05, 0) is 40.7 Å². The number of amides is 3. The maximum absolute atomic E-state index is 13.7. The maximum atomic E-state index is 13.7. The molecule has 0 saturated carbocycles. The van der Waals surface area contributed by atoms with Gasteiger partial charge in [-0.25, -0.2) is 9.78 Å². The lowest BCUT2D eigenvalue weighted by Crippen LogP contribution is -2.45. The third kappa shape index (κ3) is 7.41. The lowest BCUT2D eigenvalue weighted by Gasteiger charge is -2.35. The molecule has 1 aliphatic heterocycles. The number of benzene rings is 3. The highest BCUT2D eigenvalue weighted by Gasteiger charge is 2.26. The molecule has 3 amide bonds. The van der Waals surface area contributed by atoms with E-state index in [0.29, 0.717) is 37.7 Å². The van der Waals surface area contributed by atoms with Crippen LogP contribution in [0.15, 0.2) is 97.7 Å². The number of carbonyl (C=O) groups excluding carboxylic acids is 2. The number of rotatable bonds is 11. The molecule has 6 rings (SSSR count). The van der Waals surface area contributed by atoms with E-state index in [2.05, 4.69) is 56.7 Å². The minimum Gasteiger partial charge on any atom is -0.383 e. The van der Waals surface area contributed by atoms with Crippen molar-refractivity contribution in [1.29, 1.82) is 0 Å². The summed E-state index contributed by atoms with van der Waals surface area (Å²) in [5, 5.41) is 2.25. The molecule has 0 spiro atoms. The molecule has 1 aliphatic rings. The van der Waals surface area contributed by atoms with E-state index in [1.165, 1.54) is 0 Å². The zero-order chi connectivity index (χ0) is 32.8. The van der Waals surface area contributed by atoms with Crippen molar-refractivity contribution in [2.24, 2.45) is 5.92 Å². The van der Waals surface area contributed by atoms with E-state index in [1.807, 2.05) is 79.0 Å². The van der Waals surface area contributed by atoms with E-state index >= 15 is 0 Å². The van der Waals surface area contributed by atoms with Crippen LogP contribution in [0.5, 0.6) is 0 Å². The number of carbonyl (C=O) groups is 2. The fourth-order valence-electron chi connectivity index (χ4n) is 6.56. The van der Waals surface area contributed by atoms with Gasteiger partial charge >= 0.3 is 6.03 Å². The zero-order valence-corrected chi connectivity index (χ0v) is 27.6. The first-order valence-corrected chi connectivity index (χ1v) is 16.4. The molecule has 1 saturated heterocycles. The molecule has 0 radical (unpaired) electrons. The topological polar surface area (TPSA) is 75.8 Å². The Kier molecular flexibility index (Phi) is 10.0. The Morgan fingerprint density at radius 1 is 0.894 bits per heavy atom. The van der Waals surface area contributed by atoms with Crippen LogP contribution < -0.4 is 0 Å². The number of fused-ring (bicyclic) bond motifs is 1. The van der Waals surface area contributed by atoms with Crippen LogP contribution in [-0.2, 0) is 24.4 Å². The van der Waals surface area contributed by atoms with Gasteiger partial charge < -0.3 is 28.6 Å². The van der Waals surface area contributed by atoms with Crippen molar-refractivity contribution in [3.8, 4) is 11.1 Å². The van der Waals surface area contributed by atoms with Crippen molar-refractivity contribution >= 4 is 22.7 Å². The lowest BCUT2D eigenvalue weighted by molar-refractivity contribution is 0.0745. The van der Waals surface area contributed by atoms with E-state index in [0.717, 1.165) is 65.6 Å². The largest absolute Gasteiger partial charge is 0.383 e. The lowest BCUT2D eigenvalue weighted by atomic mass is 9.97. The van der Waals surface area contributed by atoms with Gasteiger partial charge in [-0.1, -0.05) is 72.8 Å². The third-order valence-corrected chi connectivity index (χ3v) is 9.24.